The molecule has 0 radical (unpaired) electrons. The summed E-state index contributed by atoms with van der Waals surface area (Å²) < 4.78 is 13.6. The van der Waals surface area contributed by atoms with E-state index in [0.29, 0.717) is 5.41 Å². The van der Waals surface area contributed by atoms with E-state index in [1.165, 1.54) is 24.1 Å². The Kier molecular flexibility index (Phi) is 5.48. The molecule has 0 N–H and O–H groups in total. The lowest BCUT2D eigenvalue weighted by molar-refractivity contribution is 0.186. The van der Waals surface area contributed by atoms with Gasteiger partial charge in [-0.25, -0.2) is 4.39 Å². The molecule has 0 unspecified atom stereocenters. The molecule has 0 spiro atoms. The fourth-order valence-corrected chi connectivity index (χ4v) is 5.14. The molecule has 3 nitrogen and oxygen atoms in total. The van der Waals surface area contributed by atoms with Gasteiger partial charge in [0, 0.05) is 55.5 Å². The molecule has 4 aliphatic rings. The van der Waals surface area contributed by atoms with Gasteiger partial charge in [-0.15, -0.1) is 0 Å². The predicted molar refractivity (Wildman–Crippen MR) is 131 cm³/mol. The van der Waals surface area contributed by atoms with Crippen LogP contribution in [0.25, 0.3) is 0 Å². The molecule has 2 heterocycles. The summed E-state index contributed by atoms with van der Waals surface area (Å²) >= 11 is 0. The molecule has 168 valence electrons. The number of allylic oxidation sites excluding steroid dienone is 6. The number of benzene rings is 1. The van der Waals surface area contributed by atoms with E-state index in [1.54, 1.807) is 12.1 Å². The largest absolute Gasteiger partial charge is 0.372 e. The first-order valence-electron chi connectivity index (χ1n) is 11.9. The number of rotatable bonds is 6. The minimum atomic E-state index is -0.153. The van der Waals surface area contributed by atoms with Crippen molar-refractivity contribution in [2.24, 2.45) is 5.41 Å². The molecule has 1 aromatic carbocycles. The van der Waals surface area contributed by atoms with Crippen LogP contribution in [0.3, 0.4) is 0 Å². The first-order valence-corrected chi connectivity index (χ1v) is 11.9. The fourth-order valence-electron chi connectivity index (χ4n) is 5.14. The van der Waals surface area contributed by atoms with Gasteiger partial charge in [0.15, 0.2) is 0 Å². The van der Waals surface area contributed by atoms with E-state index in [2.05, 4.69) is 59.1 Å². The molecule has 0 aromatic heterocycles. The lowest BCUT2D eigenvalue weighted by Gasteiger charge is -2.40. The maximum Gasteiger partial charge on any atom is 0.123 e. The average molecular weight is 432 g/mol. The Labute approximate surface area is 191 Å². The highest BCUT2D eigenvalue weighted by Gasteiger charge is 2.38. The summed E-state index contributed by atoms with van der Waals surface area (Å²) in [5.41, 5.74) is 7.60. The Balaban J connectivity index is 1.22. The Bertz CT molecular complexity index is 1020. The first kappa shape index (κ1) is 21.1. The summed E-state index contributed by atoms with van der Waals surface area (Å²) in [7, 11) is 0. The second-order valence-electron chi connectivity index (χ2n) is 10.0. The highest BCUT2D eigenvalue weighted by molar-refractivity contribution is 5.64. The third kappa shape index (κ3) is 4.28. The predicted octanol–water partition coefficient (Wildman–Crippen LogP) is 5.79. The van der Waals surface area contributed by atoms with Crippen molar-refractivity contribution in [3.05, 3.63) is 89.7 Å². The van der Waals surface area contributed by atoms with Crippen LogP contribution in [0.5, 0.6) is 0 Å². The molecular formula is C28H34FN3. The number of halogens is 1. The number of piperazine rings is 1. The number of nitrogens with zero attached hydrogens (tertiary/aromatic N) is 3. The summed E-state index contributed by atoms with van der Waals surface area (Å²) in [6.45, 7) is 16.1. The maximum atomic E-state index is 13.6. The second-order valence-corrected chi connectivity index (χ2v) is 10.0. The van der Waals surface area contributed by atoms with Crippen molar-refractivity contribution in [3.8, 4) is 0 Å². The Morgan fingerprint density at radius 2 is 1.78 bits per heavy atom. The van der Waals surface area contributed by atoms with E-state index in [0.717, 1.165) is 74.6 Å². The molecule has 2 aliphatic heterocycles. The molecular weight excluding hydrogens is 397 g/mol. The van der Waals surface area contributed by atoms with Gasteiger partial charge in [0.05, 0.1) is 0 Å². The minimum absolute atomic E-state index is 0.153. The summed E-state index contributed by atoms with van der Waals surface area (Å²) in [5.74, 6) is -0.153. The van der Waals surface area contributed by atoms with Gasteiger partial charge in [0.1, 0.15) is 5.82 Å². The van der Waals surface area contributed by atoms with Gasteiger partial charge in [-0.2, -0.15) is 0 Å². The van der Waals surface area contributed by atoms with Crippen LogP contribution >= 0.6 is 0 Å². The lowest BCUT2D eigenvalue weighted by atomic mass is 10.0. The zero-order valence-electron chi connectivity index (χ0n) is 19.2. The Morgan fingerprint density at radius 3 is 2.53 bits per heavy atom. The van der Waals surface area contributed by atoms with Crippen LogP contribution in [-0.2, 0) is 6.42 Å². The Morgan fingerprint density at radius 1 is 1.03 bits per heavy atom. The third-order valence-electron chi connectivity index (χ3n) is 7.54. The molecule has 0 bridgehead atoms. The second kappa shape index (κ2) is 8.31. The molecule has 5 rings (SSSR count). The summed E-state index contributed by atoms with van der Waals surface area (Å²) in [6, 6.07) is 5.12. The van der Waals surface area contributed by atoms with E-state index in [9.17, 15) is 4.39 Å². The highest BCUT2D eigenvalue weighted by Crippen LogP contribution is 2.50. The number of hydrogen-bond acceptors (Lipinski definition) is 3. The number of fused-ring (bicyclic) bond motifs is 1. The van der Waals surface area contributed by atoms with Crippen molar-refractivity contribution in [3.63, 3.8) is 0 Å². The van der Waals surface area contributed by atoms with Gasteiger partial charge in [-0.05, 0) is 79.0 Å². The van der Waals surface area contributed by atoms with E-state index >= 15 is 0 Å². The first-order chi connectivity index (χ1) is 15.4. The van der Waals surface area contributed by atoms with Crippen molar-refractivity contribution in [2.75, 3.05) is 37.6 Å². The van der Waals surface area contributed by atoms with Crippen LogP contribution < -0.4 is 4.90 Å². The van der Waals surface area contributed by atoms with Crippen LogP contribution in [0.4, 0.5) is 10.1 Å². The van der Waals surface area contributed by atoms with Crippen molar-refractivity contribution in [1.29, 1.82) is 0 Å². The zero-order chi connectivity index (χ0) is 22.3. The van der Waals surface area contributed by atoms with Crippen molar-refractivity contribution in [2.45, 2.75) is 39.0 Å². The van der Waals surface area contributed by atoms with Gasteiger partial charge in [0.25, 0.3) is 0 Å². The summed E-state index contributed by atoms with van der Waals surface area (Å²) in [4.78, 5) is 7.19. The quantitative estimate of drug-likeness (QED) is 0.564. The van der Waals surface area contributed by atoms with Crippen LogP contribution in [-0.4, -0.2) is 42.5 Å². The van der Waals surface area contributed by atoms with Crippen molar-refractivity contribution in [1.82, 2.24) is 9.80 Å². The fraction of sp³-hybridized carbons (Fsp3) is 0.429. The third-order valence-corrected chi connectivity index (χ3v) is 7.54. The summed E-state index contributed by atoms with van der Waals surface area (Å²) in [5, 5.41) is 0. The number of anilines is 1. The standard InChI is InChI=1S/C28H34FN3/c1-21(20-28(3)12-13-28)30-15-17-31(18-16-30)22(2)23-5-4-6-26(9-7-23)32-14-11-24-19-25(29)8-10-27(24)32/h4,6-10,19H,1-2,5,11-18,20H2,3H3. The zero-order valence-corrected chi connectivity index (χ0v) is 19.2. The average Bonchev–Trinajstić information content (AvgIpc) is 3.45. The van der Waals surface area contributed by atoms with E-state index in [4.69, 9.17) is 0 Å². The SMILES string of the molecule is C=C(CC1(C)CC1)N1CCN(C(=C)C2=CC=C(N3CCc4cc(F)ccc43)C=CC2)CC1. The van der Waals surface area contributed by atoms with Gasteiger partial charge in [0.2, 0.25) is 0 Å². The molecule has 1 saturated heterocycles. The highest BCUT2D eigenvalue weighted by atomic mass is 19.1. The van der Waals surface area contributed by atoms with Crippen molar-refractivity contribution >= 4 is 5.69 Å². The van der Waals surface area contributed by atoms with E-state index in [-0.39, 0.29) is 5.82 Å². The normalized spacial score (nSPS) is 21.6. The van der Waals surface area contributed by atoms with Crippen LogP contribution in [0.2, 0.25) is 0 Å². The molecule has 4 heteroatoms. The van der Waals surface area contributed by atoms with Crippen molar-refractivity contribution < 1.29 is 4.39 Å². The smallest absolute Gasteiger partial charge is 0.123 e. The minimum Gasteiger partial charge on any atom is -0.372 e. The maximum absolute atomic E-state index is 13.6. The van der Waals surface area contributed by atoms with Crippen LogP contribution in [0.1, 0.15) is 38.2 Å². The molecule has 1 aromatic rings. The Hall–Kier alpha value is -2.75. The molecule has 0 atom stereocenters. The van der Waals surface area contributed by atoms with Crippen LogP contribution in [0.15, 0.2) is 78.3 Å². The molecule has 0 amide bonds. The summed E-state index contributed by atoms with van der Waals surface area (Å²) in [6.07, 6.45) is 14.4. The van der Waals surface area contributed by atoms with E-state index < -0.39 is 0 Å². The molecule has 1 saturated carbocycles. The molecule has 2 fully saturated rings. The monoisotopic (exact) mass is 431 g/mol. The molecule has 32 heavy (non-hydrogen) atoms. The van der Waals surface area contributed by atoms with Gasteiger partial charge in [-0.1, -0.05) is 32.2 Å². The van der Waals surface area contributed by atoms with E-state index in [1.807, 2.05) is 6.07 Å². The van der Waals surface area contributed by atoms with Gasteiger partial charge in [-0.3, -0.25) is 0 Å². The van der Waals surface area contributed by atoms with Gasteiger partial charge >= 0.3 is 0 Å². The van der Waals surface area contributed by atoms with Crippen LogP contribution in [0, 0.1) is 11.2 Å². The van der Waals surface area contributed by atoms with Gasteiger partial charge < -0.3 is 14.7 Å². The molecule has 2 aliphatic carbocycles. The topological polar surface area (TPSA) is 9.72 Å². The number of hydrogen-bond donors (Lipinski definition) is 0. The lowest BCUT2D eigenvalue weighted by Crippen LogP contribution is -2.45.